The molecule has 1 atom stereocenters. The zero-order valence-electron chi connectivity index (χ0n) is 9.88. The molecular formula is C13H16ClNO. The van der Waals surface area contributed by atoms with E-state index >= 15 is 0 Å². The zero-order valence-corrected chi connectivity index (χ0v) is 10.6. The van der Waals surface area contributed by atoms with Crippen LogP contribution in [0.25, 0.3) is 0 Å². The van der Waals surface area contributed by atoms with Crippen LogP contribution in [0.4, 0.5) is 5.69 Å². The standard InChI is InChI=1S/C13H16ClNO/c1-12(2)10-8-9(14)4-5-11(10)15-6-7-16-13(12,15)3/h4-5,8H,6-7H2,1-3H3. The molecule has 0 aliphatic carbocycles. The van der Waals surface area contributed by atoms with Crippen LogP contribution in [-0.4, -0.2) is 18.9 Å². The van der Waals surface area contributed by atoms with Gasteiger partial charge in [-0.25, -0.2) is 0 Å². The van der Waals surface area contributed by atoms with Gasteiger partial charge < -0.3 is 9.64 Å². The average molecular weight is 238 g/mol. The summed E-state index contributed by atoms with van der Waals surface area (Å²) in [5.74, 6) is 0. The monoisotopic (exact) mass is 237 g/mol. The van der Waals surface area contributed by atoms with Crippen LogP contribution in [0.1, 0.15) is 26.3 Å². The Morgan fingerprint density at radius 3 is 2.81 bits per heavy atom. The van der Waals surface area contributed by atoms with Gasteiger partial charge in [-0.2, -0.15) is 0 Å². The highest BCUT2D eigenvalue weighted by Gasteiger charge is 2.57. The van der Waals surface area contributed by atoms with Gasteiger partial charge in [-0.15, -0.1) is 0 Å². The van der Waals surface area contributed by atoms with Crippen LogP contribution in [0.15, 0.2) is 18.2 Å². The van der Waals surface area contributed by atoms with E-state index in [1.54, 1.807) is 0 Å². The zero-order chi connectivity index (χ0) is 11.6. The van der Waals surface area contributed by atoms with Crippen molar-refractivity contribution < 1.29 is 4.74 Å². The fraction of sp³-hybridized carbons (Fsp3) is 0.538. The Labute approximate surface area is 101 Å². The first-order valence-electron chi connectivity index (χ1n) is 5.68. The lowest BCUT2D eigenvalue weighted by molar-refractivity contribution is -0.0250. The van der Waals surface area contributed by atoms with Crippen LogP contribution in [0.5, 0.6) is 0 Å². The highest BCUT2D eigenvalue weighted by molar-refractivity contribution is 6.30. The molecule has 1 aromatic rings. The Balaban J connectivity index is 2.26. The first kappa shape index (κ1) is 10.4. The van der Waals surface area contributed by atoms with Crippen LogP contribution >= 0.6 is 11.6 Å². The van der Waals surface area contributed by atoms with E-state index < -0.39 is 0 Å². The molecule has 0 aromatic heterocycles. The molecule has 2 nitrogen and oxygen atoms in total. The maximum Gasteiger partial charge on any atom is 0.147 e. The Bertz CT molecular complexity index is 457. The van der Waals surface area contributed by atoms with E-state index in [1.165, 1.54) is 11.3 Å². The van der Waals surface area contributed by atoms with Gasteiger partial charge >= 0.3 is 0 Å². The number of fused-ring (bicyclic) bond motifs is 3. The summed E-state index contributed by atoms with van der Waals surface area (Å²) in [5.41, 5.74) is 2.32. The first-order valence-corrected chi connectivity index (χ1v) is 6.06. The molecule has 2 aliphatic rings. The minimum atomic E-state index is -0.222. The second kappa shape index (κ2) is 2.93. The van der Waals surface area contributed by atoms with Crippen molar-refractivity contribution in [1.29, 1.82) is 0 Å². The van der Waals surface area contributed by atoms with Gasteiger partial charge in [0, 0.05) is 22.7 Å². The SMILES string of the molecule is CC1(C)c2cc(Cl)ccc2N2CCOC21C. The summed E-state index contributed by atoms with van der Waals surface area (Å²) < 4.78 is 5.98. The smallest absolute Gasteiger partial charge is 0.147 e. The number of hydrogen-bond acceptors (Lipinski definition) is 2. The van der Waals surface area contributed by atoms with Crippen LogP contribution in [0.3, 0.4) is 0 Å². The summed E-state index contributed by atoms with van der Waals surface area (Å²) in [6.07, 6.45) is 0. The number of anilines is 1. The van der Waals surface area contributed by atoms with E-state index in [0.717, 1.165) is 18.2 Å². The van der Waals surface area contributed by atoms with E-state index in [-0.39, 0.29) is 11.1 Å². The lowest BCUT2D eigenvalue weighted by atomic mass is 9.78. The van der Waals surface area contributed by atoms with Crippen molar-refractivity contribution in [3.8, 4) is 0 Å². The molecular weight excluding hydrogens is 222 g/mol. The summed E-state index contributed by atoms with van der Waals surface area (Å²) in [5, 5.41) is 0.802. The van der Waals surface area contributed by atoms with Crippen molar-refractivity contribution >= 4 is 17.3 Å². The number of nitrogens with zero attached hydrogens (tertiary/aromatic N) is 1. The summed E-state index contributed by atoms with van der Waals surface area (Å²) in [6.45, 7) is 8.41. The number of benzene rings is 1. The third kappa shape index (κ3) is 1.02. The van der Waals surface area contributed by atoms with Gasteiger partial charge in [-0.3, -0.25) is 0 Å². The third-order valence-electron chi connectivity index (χ3n) is 4.30. The number of rotatable bonds is 0. The summed E-state index contributed by atoms with van der Waals surface area (Å²) >= 11 is 6.09. The molecule has 0 saturated carbocycles. The molecule has 0 radical (unpaired) electrons. The van der Waals surface area contributed by atoms with Crippen molar-refractivity contribution in [2.24, 2.45) is 0 Å². The van der Waals surface area contributed by atoms with Crippen LogP contribution in [-0.2, 0) is 10.2 Å². The molecule has 16 heavy (non-hydrogen) atoms. The van der Waals surface area contributed by atoms with Gasteiger partial charge in [0.05, 0.1) is 6.61 Å². The Morgan fingerprint density at radius 1 is 1.31 bits per heavy atom. The van der Waals surface area contributed by atoms with Crippen molar-refractivity contribution in [1.82, 2.24) is 0 Å². The molecule has 3 heteroatoms. The van der Waals surface area contributed by atoms with Crippen LogP contribution in [0, 0.1) is 0 Å². The molecule has 1 fully saturated rings. The fourth-order valence-corrected chi connectivity index (χ4v) is 3.16. The van der Waals surface area contributed by atoms with E-state index in [9.17, 15) is 0 Å². The van der Waals surface area contributed by atoms with Gasteiger partial charge in [0.15, 0.2) is 0 Å². The number of ether oxygens (including phenoxy) is 1. The molecule has 1 saturated heterocycles. The summed E-state index contributed by atoms with van der Waals surface area (Å²) in [4.78, 5) is 2.36. The van der Waals surface area contributed by atoms with Crippen LogP contribution in [0.2, 0.25) is 5.02 Å². The molecule has 1 unspecified atom stereocenters. The van der Waals surface area contributed by atoms with Gasteiger partial charge in [-0.05, 0) is 30.7 Å². The molecule has 3 rings (SSSR count). The highest BCUT2D eigenvalue weighted by atomic mass is 35.5. The quantitative estimate of drug-likeness (QED) is 0.687. The normalized spacial score (nSPS) is 30.4. The van der Waals surface area contributed by atoms with Crippen molar-refractivity contribution in [2.45, 2.75) is 31.9 Å². The molecule has 1 aromatic carbocycles. The minimum Gasteiger partial charge on any atom is -0.353 e. The van der Waals surface area contributed by atoms with E-state index in [0.29, 0.717) is 0 Å². The largest absolute Gasteiger partial charge is 0.353 e. The second-order valence-electron chi connectivity index (χ2n) is 5.27. The van der Waals surface area contributed by atoms with E-state index in [1.807, 2.05) is 6.07 Å². The Kier molecular flexibility index (Phi) is 1.91. The molecule has 86 valence electrons. The Morgan fingerprint density at radius 2 is 2.06 bits per heavy atom. The predicted molar refractivity (Wildman–Crippen MR) is 66.2 cm³/mol. The fourth-order valence-electron chi connectivity index (χ4n) is 2.99. The number of halogens is 1. The third-order valence-corrected chi connectivity index (χ3v) is 4.53. The molecule has 2 heterocycles. The molecule has 0 spiro atoms. The van der Waals surface area contributed by atoms with Gasteiger partial charge in [-0.1, -0.05) is 25.4 Å². The Hall–Kier alpha value is -0.730. The minimum absolute atomic E-state index is 0.0241. The van der Waals surface area contributed by atoms with Crippen molar-refractivity contribution in [3.05, 3.63) is 28.8 Å². The predicted octanol–water partition coefficient (Wildman–Crippen LogP) is 3.18. The second-order valence-corrected chi connectivity index (χ2v) is 5.71. The summed E-state index contributed by atoms with van der Waals surface area (Å²) in [6, 6.07) is 6.14. The maximum absolute atomic E-state index is 6.09. The molecule has 0 bridgehead atoms. The molecule has 2 aliphatic heterocycles. The summed E-state index contributed by atoms with van der Waals surface area (Å²) in [7, 11) is 0. The lowest BCUT2D eigenvalue weighted by Gasteiger charge is -2.38. The average Bonchev–Trinajstić information content (AvgIpc) is 2.67. The first-order chi connectivity index (χ1) is 7.47. The highest BCUT2D eigenvalue weighted by Crippen LogP contribution is 2.54. The van der Waals surface area contributed by atoms with Crippen molar-refractivity contribution in [3.63, 3.8) is 0 Å². The molecule has 0 N–H and O–H groups in total. The lowest BCUT2D eigenvalue weighted by Crippen LogP contribution is -2.50. The molecule has 0 amide bonds. The van der Waals surface area contributed by atoms with Crippen LogP contribution < -0.4 is 4.90 Å². The van der Waals surface area contributed by atoms with E-state index in [2.05, 4.69) is 37.8 Å². The van der Waals surface area contributed by atoms with E-state index in [4.69, 9.17) is 16.3 Å². The topological polar surface area (TPSA) is 12.5 Å². The number of hydrogen-bond donors (Lipinski definition) is 0. The van der Waals surface area contributed by atoms with Gasteiger partial charge in [0.2, 0.25) is 0 Å². The van der Waals surface area contributed by atoms with Crippen molar-refractivity contribution in [2.75, 3.05) is 18.1 Å². The maximum atomic E-state index is 6.09. The van der Waals surface area contributed by atoms with Gasteiger partial charge in [0.1, 0.15) is 5.72 Å². The van der Waals surface area contributed by atoms with Gasteiger partial charge in [0.25, 0.3) is 0 Å².